The van der Waals surface area contributed by atoms with Crippen molar-refractivity contribution in [1.29, 1.82) is 0 Å². The van der Waals surface area contributed by atoms with Crippen LogP contribution < -0.4 is 4.74 Å². The molecule has 30 heavy (non-hydrogen) atoms. The minimum absolute atomic E-state index is 0.00173. The predicted octanol–water partition coefficient (Wildman–Crippen LogP) is 6.24. The summed E-state index contributed by atoms with van der Waals surface area (Å²) in [6.45, 7) is 0.430. The number of benzene rings is 2. The Balaban J connectivity index is 1.47. The Hall–Kier alpha value is -1.30. The Morgan fingerprint density at radius 2 is 1.90 bits per heavy atom. The lowest BCUT2D eigenvalue weighted by Gasteiger charge is -2.54. The first-order chi connectivity index (χ1) is 14.5. The van der Waals surface area contributed by atoms with E-state index in [1.54, 1.807) is 7.11 Å². The zero-order valence-electron chi connectivity index (χ0n) is 17.0. The van der Waals surface area contributed by atoms with Crippen molar-refractivity contribution < 1.29 is 19.2 Å². The predicted molar refractivity (Wildman–Crippen MR) is 116 cm³/mol. The van der Waals surface area contributed by atoms with Crippen LogP contribution in [0.15, 0.2) is 48.5 Å². The third-order valence-electron chi connectivity index (χ3n) is 6.79. The second-order valence-electron chi connectivity index (χ2n) is 8.89. The van der Waals surface area contributed by atoms with Gasteiger partial charge in [0.2, 0.25) is 5.79 Å². The highest BCUT2D eigenvalue weighted by atomic mass is 35.5. The Labute approximate surface area is 187 Å². The number of alkyl halides is 1. The Morgan fingerprint density at radius 1 is 1.07 bits per heavy atom. The van der Waals surface area contributed by atoms with Crippen LogP contribution in [0.2, 0.25) is 5.02 Å². The van der Waals surface area contributed by atoms with Crippen LogP contribution in [0, 0.1) is 11.8 Å². The summed E-state index contributed by atoms with van der Waals surface area (Å²) in [7, 11) is 1.67. The fraction of sp³-hybridized carbons (Fsp3) is 0.500. The zero-order valence-corrected chi connectivity index (χ0v) is 18.5. The first kappa shape index (κ1) is 20.6. The van der Waals surface area contributed by atoms with Crippen LogP contribution in [-0.2, 0) is 26.9 Å². The monoisotopic (exact) mass is 448 g/mol. The van der Waals surface area contributed by atoms with E-state index in [-0.39, 0.29) is 16.9 Å². The molecule has 4 aliphatic rings. The van der Waals surface area contributed by atoms with E-state index < -0.39 is 5.79 Å². The van der Waals surface area contributed by atoms with Gasteiger partial charge in [-0.3, -0.25) is 0 Å². The van der Waals surface area contributed by atoms with Crippen LogP contribution in [-0.4, -0.2) is 18.1 Å². The highest BCUT2D eigenvalue weighted by molar-refractivity contribution is 6.32. The topological polar surface area (TPSA) is 36.9 Å². The van der Waals surface area contributed by atoms with Gasteiger partial charge in [0.25, 0.3) is 0 Å². The van der Waals surface area contributed by atoms with Crippen LogP contribution >= 0.6 is 23.2 Å². The van der Waals surface area contributed by atoms with Gasteiger partial charge < -0.3 is 9.47 Å². The van der Waals surface area contributed by atoms with Crippen molar-refractivity contribution in [3.63, 3.8) is 0 Å². The number of halogens is 2. The van der Waals surface area contributed by atoms with Gasteiger partial charge >= 0.3 is 0 Å². The van der Waals surface area contributed by atoms with E-state index >= 15 is 0 Å². The van der Waals surface area contributed by atoms with Gasteiger partial charge in [0.1, 0.15) is 12.4 Å². The number of ether oxygens (including phenoxy) is 2. The van der Waals surface area contributed by atoms with Crippen molar-refractivity contribution in [3.05, 3.63) is 64.7 Å². The first-order valence-electron chi connectivity index (χ1n) is 10.5. The Morgan fingerprint density at radius 3 is 2.67 bits per heavy atom. The molecule has 2 aromatic carbocycles. The largest absolute Gasteiger partial charge is 0.487 e. The molecule has 5 unspecified atom stereocenters. The standard InChI is InChI=1S/C24H26Cl2O4/c1-27-24(19-9-17-10-20(29-30-24)14-23(26,12-17)13-19)18-7-8-21(25)22(11-18)28-15-16-5-3-2-4-6-16/h2-8,11,17,19-20H,9-10,12-15H2,1H3. The molecule has 2 aromatic rings. The molecule has 160 valence electrons. The van der Waals surface area contributed by atoms with Crippen molar-refractivity contribution in [2.45, 2.75) is 55.5 Å². The molecular formula is C24H26Cl2O4. The van der Waals surface area contributed by atoms with Gasteiger partial charge in [-0.2, -0.15) is 4.89 Å². The fourth-order valence-electron chi connectivity index (χ4n) is 5.56. The summed E-state index contributed by atoms with van der Waals surface area (Å²) in [4.78, 5) is 11.7. The van der Waals surface area contributed by atoms with Gasteiger partial charge in [-0.25, -0.2) is 4.89 Å². The Bertz CT molecular complexity index is 907. The molecule has 2 saturated heterocycles. The van der Waals surface area contributed by atoms with E-state index in [0.717, 1.165) is 43.2 Å². The van der Waals surface area contributed by atoms with Gasteiger partial charge in [0.05, 0.1) is 11.1 Å². The van der Waals surface area contributed by atoms with Crippen LogP contribution in [0.5, 0.6) is 5.75 Å². The second-order valence-corrected chi connectivity index (χ2v) is 10.1. The summed E-state index contributed by atoms with van der Waals surface area (Å²) in [5.41, 5.74) is 1.91. The maximum absolute atomic E-state index is 7.02. The molecule has 0 radical (unpaired) electrons. The first-order valence-corrected chi connectivity index (χ1v) is 11.3. The Kier molecular flexibility index (Phi) is 5.49. The fourth-order valence-corrected chi connectivity index (χ4v) is 6.31. The lowest BCUT2D eigenvalue weighted by atomic mass is 9.63. The van der Waals surface area contributed by atoms with Crippen LogP contribution in [0.1, 0.15) is 43.2 Å². The molecule has 4 fully saturated rings. The van der Waals surface area contributed by atoms with Gasteiger partial charge in [0.15, 0.2) is 0 Å². The summed E-state index contributed by atoms with van der Waals surface area (Å²) >= 11 is 13.5. The van der Waals surface area contributed by atoms with Crippen molar-refractivity contribution in [2.24, 2.45) is 11.8 Å². The van der Waals surface area contributed by atoms with E-state index in [9.17, 15) is 0 Å². The van der Waals surface area contributed by atoms with E-state index in [2.05, 4.69) is 0 Å². The summed E-state index contributed by atoms with van der Waals surface area (Å²) in [6.07, 6.45) is 4.70. The molecule has 2 saturated carbocycles. The normalized spacial score (nSPS) is 35.1. The average molecular weight is 449 g/mol. The highest BCUT2D eigenvalue weighted by Gasteiger charge is 2.56. The van der Waals surface area contributed by atoms with Crippen LogP contribution in [0.4, 0.5) is 0 Å². The molecule has 2 heterocycles. The lowest BCUT2D eigenvalue weighted by molar-refractivity contribution is -0.480. The average Bonchev–Trinajstić information content (AvgIpc) is 2.73. The van der Waals surface area contributed by atoms with Crippen molar-refractivity contribution in [2.75, 3.05) is 7.11 Å². The molecule has 5 atom stereocenters. The van der Waals surface area contributed by atoms with Gasteiger partial charge in [-0.15, -0.1) is 11.6 Å². The summed E-state index contributed by atoms with van der Waals surface area (Å²) < 4.78 is 12.1. The zero-order chi connectivity index (χ0) is 20.8. The smallest absolute Gasteiger partial charge is 0.230 e. The molecule has 6 rings (SSSR count). The molecule has 6 heteroatoms. The number of hydrogen-bond donors (Lipinski definition) is 0. The van der Waals surface area contributed by atoms with E-state index in [1.165, 1.54) is 0 Å². The third kappa shape index (κ3) is 3.74. The number of fused-ring (bicyclic) bond motifs is 2. The molecule has 2 aliphatic carbocycles. The molecule has 0 aromatic heterocycles. The van der Waals surface area contributed by atoms with Crippen LogP contribution in [0.3, 0.4) is 0 Å². The molecule has 0 N–H and O–H groups in total. The van der Waals surface area contributed by atoms with E-state index in [0.29, 0.717) is 23.3 Å². The third-order valence-corrected chi connectivity index (χ3v) is 7.57. The summed E-state index contributed by atoms with van der Waals surface area (Å²) in [6, 6.07) is 15.7. The van der Waals surface area contributed by atoms with Gasteiger partial charge in [-0.05, 0) is 55.7 Å². The lowest BCUT2D eigenvalue weighted by Crippen LogP contribution is -2.54. The van der Waals surface area contributed by atoms with Crippen molar-refractivity contribution in [1.82, 2.24) is 0 Å². The number of rotatable bonds is 5. The van der Waals surface area contributed by atoms with E-state index in [1.807, 2.05) is 48.5 Å². The second kappa shape index (κ2) is 7.99. The minimum Gasteiger partial charge on any atom is -0.487 e. The summed E-state index contributed by atoms with van der Waals surface area (Å²) in [5.74, 6) is 0.175. The SMILES string of the molecule is COC1(c2ccc(Cl)c(OCc3ccccc3)c2)OOC2CC3CC1CC(Cl)(C3)C2. The number of methoxy groups -OCH3 is 1. The molecular weight excluding hydrogens is 423 g/mol. The molecule has 2 aliphatic heterocycles. The maximum Gasteiger partial charge on any atom is 0.230 e. The highest BCUT2D eigenvalue weighted by Crippen LogP contribution is 2.57. The molecule has 4 bridgehead atoms. The van der Waals surface area contributed by atoms with Gasteiger partial charge in [0, 0.05) is 23.5 Å². The molecule has 4 nitrogen and oxygen atoms in total. The van der Waals surface area contributed by atoms with Crippen LogP contribution in [0.25, 0.3) is 0 Å². The van der Waals surface area contributed by atoms with Gasteiger partial charge in [-0.1, -0.05) is 48.0 Å². The van der Waals surface area contributed by atoms with Crippen molar-refractivity contribution >= 4 is 23.2 Å². The van der Waals surface area contributed by atoms with Crippen molar-refractivity contribution in [3.8, 4) is 5.75 Å². The number of hydrogen-bond acceptors (Lipinski definition) is 4. The maximum atomic E-state index is 7.02. The molecule has 0 amide bonds. The minimum atomic E-state index is -1.03. The van der Waals surface area contributed by atoms with E-state index in [4.69, 9.17) is 42.5 Å². The summed E-state index contributed by atoms with van der Waals surface area (Å²) in [5, 5.41) is 0.547. The molecule has 0 spiro atoms. The quantitative estimate of drug-likeness (QED) is 0.400.